The third-order valence-corrected chi connectivity index (χ3v) is 2.68. The number of rotatable bonds is 5. The van der Waals surface area contributed by atoms with E-state index >= 15 is 0 Å². The van der Waals surface area contributed by atoms with Gasteiger partial charge in [-0.3, -0.25) is 0 Å². The molecule has 1 unspecified atom stereocenters. The van der Waals surface area contributed by atoms with Crippen LogP contribution in [0.25, 0.3) is 0 Å². The summed E-state index contributed by atoms with van der Waals surface area (Å²) in [6.07, 6.45) is 0.810. The molecule has 0 bridgehead atoms. The molecule has 0 saturated carbocycles. The molecule has 0 spiro atoms. The highest BCUT2D eigenvalue weighted by atomic mass is 79.9. The van der Waals surface area contributed by atoms with Crippen LogP contribution in [0.4, 0.5) is 0 Å². The maximum absolute atomic E-state index is 5.81. The van der Waals surface area contributed by atoms with Gasteiger partial charge in [0.15, 0.2) is 0 Å². The van der Waals surface area contributed by atoms with Crippen molar-refractivity contribution in [2.24, 2.45) is 5.73 Å². The van der Waals surface area contributed by atoms with Crippen molar-refractivity contribution in [3.63, 3.8) is 0 Å². The summed E-state index contributed by atoms with van der Waals surface area (Å²) in [6.45, 7) is 8.30. The molecule has 88 valence electrons. The molecular weight excluding hydrogens is 266 g/mol. The zero-order valence-electron chi connectivity index (χ0n) is 9.79. The quantitative estimate of drug-likeness (QED) is 0.842. The van der Waals surface area contributed by atoms with Crippen LogP contribution in [-0.4, -0.2) is 12.6 Å². The van der Waals surface area contributed by atoms with Crippen LogP contribution in [0.2, 0.25) is 0 Å². The van der Waals surface area contributed by atoms with Gasteiger partial charge < -0.3 is 10.5 Å². The maximum atomic E-state index is 5.81. The second-order valence-corrected chi connectivity index (χ2v) is 5.01. The van der Waals surface area contributed by atoms with Crippen LogP contribution in [0.15, 0.2) is 34.8 Å². The Balaban J connectivity index is 2.89. The second kappa shape index (κ2) is 6.06. The molecule has 1 aromatic rings. The molecule has 1 aromatic carbocycles. The van der Waals surface area contributed by atoms with E-state index < -0.39 is 0 Å². The normalized spacial score (nSPS) is 12.2. The van der Waals surface area contributed by atoms with Gasteiger partial charge in [0, 0.05) is 6.04 Å². The molecule has 1 atom stereocenters. The minimum absolute atomic E-state index is 0.126. The number of hydrogen-bond donors (Lipinski definition) is 1. The lowest BCUT2D eigenvalue weighted by molar-refractivity contribution is 0.346. The number of benzene rings is 1. The lowest BCUT2D eigenvalue weighted by atomic mass is 10.1. The van der Waals surface area contributed by atoms with Crippen LogP contribution in [0.5, 0.6) is 5.75 Å². The summed E-state index contributed by atoms with van der Waals surface area (Å²) >= 11 is 3.49. The molecule has 2 nitrogen and oxygen atoms in total. The lowest BCUT2D eigenvalue weighted by Crippen LogP contribution is -2.18. The average Bonchev–Trinajstić information content (AvgIpc) is 2.15. The molecule has 0 fully saturated rings. The van der Waals surface area contributed by atoms with Gasteiger partial charge in [-0.1, -0.05) is 18.7 Å². The van der Waals surface area contributed by atoms with Crippen molar-refractivity contribution in [3.05, 3.63) is 40.4 Å². The second-order valence-electron chi connectivity index (χ2n) is 4.16. The number of para-hydroxylation sites is 1. The van der Waals surface area contributed by atoms with Crippen LogP contribution < -0.4 is 10.5 Å². The maximum Gasteiger partial charge on any atom is 0.137 e. The third-order valence-electron chi connectivity index (χ3n) is 2.05. The first-order valence-corrected chi connectivity index (χ1v) is 6.10. The Morgan fingerprint density at radius 2 is 2.25 bits per heavy atom. The predicted molar refractivity (Wildman–Crippen MR) is 71.8 cm³/mol. The first kappa shape index (κ1) is 13.3. The van der Waals surface area contributed by atoms with Crippen molar-refractivity contribution in [1.29, 1.82) is 0 Å². The smallest absolute Gasteiger partial charge is 0.137 e. The Morgan fingerprint density at radius 1 is 1.56 bits per heavy atom. The monoisotopic (exact) mass is 283 g/mol. The van der Waals surface area contributed by atoms with Crippen molar-refractivity contribution < 1.29 is 4.74 Å². The fraction of sp³-hybridized carbons (Fsp3) is 0.385. The zero-order chi connectivity index (χ0) is 12.1. The van der Waals surface area contributed by atoms with Crippen LogP contribution >= 0.6 is 15.9 Å². The molecule has 0 aliphatic carbocycles. The summed E-state index contributed by atoms with van der Waals surface area (Å²) in [5.74, 6) is 0.878. The van der Waals surface area contributed by atoms with Gasteiger partial charge in [-0.25, -0.2) is 0 Å². The molecule has 0 heterocycles. The predicted octanol–water partition coefficient (Wildman–Crippen LogP) is 3.29. The van der Waals surface area contributed by atoms with E-state index in [1.807, 2.05) is 32.0 Å². The highest BCUT2D eigenvalue weighted by molar-refractivity contribution is 9.10. The molecule has 0 aromatic heterocycles. The highest BCUT2D eigenvalue weighted by Gasteiger charge is 2.09. The summed E-state index contributed by atoms with van der Waals surface area (Å²) < 4.78 is 6.69. The molecule has 0 radical (unpaired) electrons. The first-order chi connectivity index (χ1) is 7.50. The fourth-order valence-corrected chi connectivity index (χ4v) is 1.94. The summed E-state index contributed by atoms with van der Waals surface area (Å²) in [6, 6.07) is 6.14. The van der Waals surface area contributed by atoms with E-state index in [0.29, 0.717) is 6.61 Å². The van der Waals surface area contributed by atoms with E-state index in [-0.39, 0.29) is 6.04 Å². The Kier molecular flexibility index (Phi) is 5.03. The van der Waals surface area contributed by atoms with Crippen molar-refractivity contribution >= 4 is 15.9 Å². The van der Waals surface area contributed by atoms with E-state index in [9.17, 15) is 0 Å². The minimum Gasteiger partial charge on any atom is -0.488 e. The van der Waals surface area contributed by atoms with Crippen LogP contribution in [0, 0.1) is 0 Å². The Bertz CT molecular complexity index is 374. The topological polar surface area (TPSA) is 35.2 Å². The third kappa shape index (κ3) is 3.99. The van der Waals surface area contributed by atoms with Gasteiger partial charge in [0.05, 0.1) is 4.47 Å². The summed E-state index contributed by atoms with van der Waals surface area (Å²) in [4.78, 5) is 0. The zero-order valence-corrected chi connectivity index (χ0v) is 11.4. The van der Waals surface area contributed by atoms with Gasteiger partial charge in [-0.15, -0.1) is 0 Å². The van der Waals surface area contributed by atoms with E-state index in [0.717, 1.165) is 27.8 Å². The van der Waals surface area contributed by atoms with E-state index in [1.165, 1.54) is 0 Å². The first-order valence-electron chi connectivity index (χ1n) is 5.31. The van der Waals surface area contributed by atoms with E-state index in [4.69, 9.17) is 10.5 Å². The largest absolute Gasteiger partial charge is 0.488 e. The van der Waals surface area contributed by atoms with Crippen molar-refractivity contribution in [3.8, 4) is 5.75 Å². The molecule has 0 aliphatic heterocycles. The Morgan fingerprint density at radius 3 is 2.81 bits per heavy atom. The van der Waals surface area contributed by atoms with Gasteiger partial charge in [-0.05, 0) is 53.4 Å². The van der Waals surface area contributed by atoms with Crippen molar-refractivity contribution in [2.45, 2.75) is 26.3 Å². The SMILES string of the molecule is C=C(C)COc1c(Br)cccc1CC(C)N. The van der Waals surface area contributed by atoms with Gasteiger partial charge in [-0.2, -0.15) is 0 Å². The molecule has 0 saturated heterocycles. The molecule has 1 rings (SSSR count). The molecular formula is C13H18BrNO. The van der Waals surface area contributed by atoms with Crippen LogP contribution in [0.1, 0.15) is 19.4 Å². The Labute approximate surface area is 106 Å². The number of ether oxygens (including phenoxy) is 1. The van der Waals surface area contributed by atoms with Gasteiger partial charge >= 0.3 is 0 Å². The molecule has 0 amide bonds. The Hall–Kier alpha value is -0.800. The van der Waals surface area contributed by atoms with E-state index in [1.54, 1.807) is 0 Å². The lowest BCUT2D eigenvalue weighted by Gasteiger charge is -2.14. The molecule has 2 N–H and O–H groups in total. The molecule has 0 aliphatic rings. The number of hydrogen-bond acceptors (Lipinski definition) is 2. The minimum atomic E-state index is 0.126. The number of halogens is 1. The van der Waals surface area contributed by atoms with Crippen LogP contribution in [0.3, 0.4) is 0 Å². The van der Waals surface area contributed by atoms with Crippen molar-refractivity contribution in [1.82, 2.24) is 0 Å². The van der Waals surface area contributed by atoms with E-state index in [2.05, 4.69) is 22.5 Å². The van der Waals surface area contributed by atoms with Crippen molar-refractivity contribution in [2.75, 3.05) is 6.61 Å². The van der Waals surface area contributed by atoms with Gasteiger partial charge in [0.25, 0.3) is 0 Å². The number of nitrogens with two attached hydrogens (primary N) is 1. The van der Waals surface area contributed by atoms with Gasteiger partial charge in [0.2, 0.25) is 0 Å². The fourth-order valence-electron chi connectivity index (χ4n) is 1.42. The standard InChI is InChI=1S/C13H18BrNO/c1-9(2)8-16-13-11(7-10(3)15)5-4-6-12(13)14/h4-6,10H,1,7-8,15H2,2-3H3. The summed E-state index contributed by atoms with van der Waals surface area (Å²) in [5.41, 5.74) is 7.94. The molecule has 3 heteroatoms. The van der Waals surface area contributed by atoms with Crippen LogP contribution in [-0.2, 0) is 6.42 Å². The summed E-state index contributed by atoms with van der Waals surface area (Å²) in [5, 5.41) is 0. The molecule has 16 heavy (non-hydrogen) atoms. The average molecular weight is 284 g/mol. The summed E-state index contributed by atoms with van der Waals surface area (Å²) in [7, 11) is 0. The van der Waals surface area contributed by atoms with Gasteiger partial charge in [0.1, 0.15) is 12.4 Å². The highest BCUT2D eigenvalue weighted by Crippen LogP contribution is 2.30.